The molecule has 0 saturated carbocycles. The van der Waals surface area contributed by atoms with Gasteiger partial charge in [-0.3, -0.25) is 4.79 Å². The summed E-state index contributed by atoms with van der Waals surface area (Å²) in [5.41, 5.74) is 0. The SMILES string of the molecule is O=C(C1CCCO1)N1CCN(c2ncc(Br)cc2Cl)CC1. The number of amides is 1. The zero-order valence-corrected chi connectivity index (χ0v) is 13.9. The van der Waals surface area contributed by atoms with Crippen LogP contribution in [0.4, 0.5) is 5.82 Å². The number of piperazine rings is 1. The average Bonchev–Trinajstić information content (AvgIpc) is 3.01. The van der Waals surface area contributed by atoms with Gasteiger partial charge in [-0.2, -0.15) is 0 Å². The van der Waals surface area contributed by atoms with E-state index in [9.17, 15) is 4.79 Å². The van der Waals surface area contributed by atoms with Crippen molar-refractivity contribution in [3.63, 3.8) is 0 Å². The van der Waals surface area contributed by atoms with E-state index in [4.69, 9.17) is 16.3 Å². The Bertz CT molecular complexity index is 529. The summed E-state index contributed by atoms with van der Waals surface area (Å²) in [6.45, 7) is 3.56. The van der Waals surface area contributed by atoms with Crippen LogP contribution in [0.1, 0.15) is 12.8 Å². The van der Waals surface area contributed by atoms with Crippen LogP contribution in [0.25, 0.3) is 0 Å². The van der Waals surface area contributed by atoms with Crippen molar-refractivity contribution in [1.82, 2.24) is 9.88 Å². The Kier molecular flexibility index (Phi) is 4.66. The number of aromatic nitrogens is 1. The van der Waals surface area contributed by atoms with Crippen LogP contribution in [-0.4, -0.2) is 54.7 Å². The van der Waals surface area contributed by atoms with E-state index < -0.39 is 0 Å². The van der Waals surface area contributed by atoms with Crippen LogP contribution < -0.4 is 4.90 Å². The molecule has 1 unspecified atom stereocenters. The van der Waals surface area contributed by atoms with E-state index in [1.165, 1.54) is 0 Å². The molecule has 1 aromatic rings. The highest BCUT2D eigenvalue weighted by Gasteiger charge is 2.30. The number of carbonyl (C=O) groups excluding carboxylic acids is 1. The van der Waals surface area contributed by atoms with Crippen LogP contribution in [0.3, 0.4) is 0 Å². The number of hydrogen-bond donors (Lipinski definition) is 0. The number of nitrogens with zero attached hydrogens (tertiary/aromatic N) is 3. The number of rotatable bonds is 2. The van der Waals surface area contributed by atoms with Crippen molar-refractivity contribution in [3.05, 3.63) is 21.8 Å². The van der Waals surface area contributed by atoms with E-state index in [0.717, 1.165) is 36.2 Å². The minimum absolute atomic E-state index is 0.127. The summed E-state index contributed by atoms with van der Waals surface area (Å²) in [7, 11) is 0. The molecule has 114 valence electrons. The number of anilines is 1. The van der Waals surface area contributed by atoms with Crippen molar-refractivity contribution in [1.29, 1.82) is 0 Å². The molecule has 0 aliphatic carbocycles. The van der Waals surface area contributed by atoms with E-state index >= 15 is 0 Å². The largest absolute Gasteiger partial charge is 0.368 e. The highest BCUT2D eigenvalue weighted by atomic mass is 79.9. The summed E-state index contributed by atoms with van der Waals surface area (Å²) in [4.78, 5) is 20.7. The molecule has 0 spiro atoms. The quantitative estimate of drug-likeness (QED) is 0.797. The van der Waals surface area contributed by atoms with E-state index in [2.05, 4.69) is 25.8 Å². The van der Waals surface area contributed by atoms with Crippen LogP contribution in [0, 0.1) is 0 Å². The first-order valence-electron chi connectivity index (χ1n) is 7.11. The number of pyridine rings is 1. The summed E-state index contributed by atoms with van der Waals surface area (Å²) in [5, 5.41) is 0.628. The lowest BCUT2D eigenvalue weighted by molar-refractivity contribution is -0.141. The van der Waals surface area contributed by atoms with Gasteiger partial charge in [-0.25, -0.2) is 4.98 Å². The van der Waals surface area contributed by atoms with Crippen molar-refractivity contribution in [2.24, 2.45) is 0 Å². The molecular weight excluding hydrogens is 358 g/mol. The Hall–Kier alpha value is -0.850. The first-order chi connectivity index (χ1) is 10.1. The molecule has 1 atom stereocenters. The molecule has 2 aliphatic heterocycles. The lowest BCUT2D eigenvalue weighted by atomic mass is 10.2. The van der Waals surface area contributed by atoms with Crippen LogP contribution in [0.2, 0.25) is 5.02 Å². The Balaban J connectivity index is 1.60. The Morgan fingerprint density at radius 1 is 1.38 bits per heavy atom. The fourth-order valence-corrected chi connectivity index (χ4v) is 3.50. The third-order valence-corrected chi connectivity index (χ3v) is 4.60. The monoisotopic (exact) mass is 373 g/mol. The smallest absolute Gasteiger partial charge is 0.251 e. The fourth-order valence-electron chi connectivity index (χ4n) is 2.75. The molecule has 3 rings (SSSR count). The average molecular weight is 375 g/mol. The van der Waals surface area contributed by atoms with E-state index in [-0.39, 0.29) is 12.0 Å². The van der Waals surface area contributed by atoms with Gasteiger partial charge in [0.15, 0.2) is 0 Å². The maximum atomic E-state index is 12.3. The van der Waals surface area contributed by atoms with Gasteiger partial charge in [0.25, 0.3) is 5.91 Å². The van der Waals surface area contributed by atoms with Gasteiger partial charge in [-0.05, 0) is 34.8 Å². The molecule has 7 heteroatoms. The van der Waals surface area contributed by atoms with Gasteiger partial charge < -0.3 is 14.5 Å². The summed E-state index contributed by atoms with van der Waals surface area (Å²) in [5.74, 6) is 0.908. The van der Waals surface area contributed by atoms with Gasteiger partial charge in [0.2, 0.25) is 0 Å². The number of halogens is 2. The first kappa shape index (κ1) is 15.1. The van der Waals surface area contributed by atoms with Gasteiger partial charge in [0, 0.05) is 43.5 Å². The summed E-state index contributed by atoms with van der Waals surface area (Å²) < 4.78 is 6.33. The molecule has 0 aromatic carbocycles. The second-order valence-electron chi connectivity index (χ2n) is 5.27. The molecule has 1 aromatic heterocycles. The van der Waals surface area contributed by atoms with Crippen molar-refractivity contribution in [2.45, 2.75) is 18.9 Å². The van der Waals surface area contributed by atoms with Gasteiger partial charge in [-0.1, -0.05) is 11.6 Å². The van der Waals surface area contributed by atoms with Crippen molar-refractivity contribution in [2.75, 3.05) is 37.7 Å². The molecule has 1 amide bonds. The molecule has 3 heterocycles. The minimum Gasteiger partial charge on any atom is -0.368 e. The van der Waals surface area contributed by atoms with Crippen molar-refractivity contribution < 1.29 is 9.53 Å². The summed E-state index contributed by atoms with van der Waals surface area (Å²) >= 11 is 9.59. The molecule has 0 radical (unpaired) electrons. The third-order valence-electron chi connectivity index (χ3n) is 3.88. The maximum absolute atomic E-state index is 12.3. The molecule has 5 nitrogen and oxygen atoms in total. The molecule has 21 heavy (non-hydrogen) atoms. The highest BCUT2D eigenvalue weighted by molar-refractivity contribution is 9.10. The van der Waals surface area contributed by atoms with E-state index in [1.54, 1.807) is 6.20 Å². The topological polar surface area (TPSA) is 45.7 Å². The Morgan fingerprint density at radius 3 is 2.76 bits per heavy atom. The normalized spacial score (nSPS) is 22.7. The fraction of sp³-hybridized carbons (Fsp3) is 0.571. The lowest BCUT2D eigenvalue weighted by Gasteiger charge is -2.36. The second-order valence-corrected chi connectivity index (χ2v) is 6.60. The zero-order chi connectivity index (χ0) is 14.8. The molecule has 0 bridgehead atoms. The molecule has 2 saturated heterocycles. The predicted molar refractivity (Wildman–Crippen MR) is 84.7 cm³/mol. The Morgan fingerprint density at radius 2 is 2.14 bits per heavy atom. The standard InChI is InChI=1S/C14H17BrClN3O2/c15-10-8-11(16)13(17-9-10)18-3-5-19(6-4-18)14(20)12-2-1-7-21-12/h8-9,12H,1-7H2. The number of carbonyl (C=O) groups is 1. The van der Waals surface area contributed by atoms with Gasteiger partial charge in [0.05, 0.1) is 5.02 Å². The second kappa shape index (κ2) is 6.50. The highest BCUT2D eigenvalue weighted by Crippen LogP contribution is 2.27. The van der Waals surface area contributed by atoms with Crippen LogP contribution >= 0.6 is 27.5 Å². The van der Waals surface area contributed by atoms with Crippen LogP contribution in [0.15, 0.2) is 16.7 Å². The van der Waals surface area contributed by atoms with Gasteiger partial charge >= 0.3 is 0 Å². The zero-order valence-electron chi connectivity index (χ0n) is 11.6. The summed E-state index contributed by atoms with van der Waals surface area (Å²) in [6.07, 6.45) is 3.34. The van der Waals surface area contributed by atoms with Crippen molar-refractivity contribution in [3.8, 4) is 0 Å². The molecule has 0 N–H and O–H groups in total. The summed E-state index contributed by atoms with van der Waals surface area (Å²) in [6, 6.07) is 1.84. The van der Waals surface area contributed by atoms with Gasteiger partial charge in [0.1, 0.15) is 11.9 Å². The first-order valence-corrected chi connectivity index (χ1v) is 8.28. The van der Waals surface area contributed by atoms with Gasteiger partial charge in [-0.15, -0.1) is 0 Å². The molecule has 2 aliphatic rings. The Labute approximate surface area is 137 Å². The predicted octanol–water partition coefficient (Wildman–Crippen LogP) is 2.33. The van der Waals surface area contributed by atoms with Crippen LogP contribution in [-0.2, 0) is 9.53 Å². The van der Waals surface area contributed by atoms with Crippen molar-refractivity contribution >= 4 is 39.3 Å². The molecular formula is C14H17BrClN3O2. The number of hydrogen-bond acceptors (Lipinski definition) is 4. The van der Waals surface area contributed by atoms with E-state index in [0.29, 0.717) is 24.7 Å². The maximum Gasteiger partial charge on any atom is 0.251 e. The van der Waals surface area contributed by atoms with Crippen LogP contribution in [0.5, 0.6) is 0 Å². The number of ether oxygens (including phenoxy) is 1. The lowest BCUT2D eigenvalue weighted by Crippen LogP contribution is -2.51. The third kappa shape index (κ3) is 3.33. The minimum atomic E-state index is -0.231. The molecule has 2 fully saturated rings. The van der Waals surface area contributed by atoms with E-state index in [1.807, 2.05) is 11.0 Å².